The van der Waals surface area contributed by atoms with Crippen molar-refractivity contribution in [2.24, 2.45) is 0 Å². The van der Waals surface area contributed by atoms with Gasteiger partial charge in [-0.2, -0.15) is 0 Å². The fourth-order valence-corrected chi connectivity index (χ4v) is 2.19. The van der Waals surface area contributed by atoms with Gasteiger partial charge in [-0.1, -0.05) is 39.0 Å². The molecule has 0 saturated carbocycles. The molecule has 2 aromatic carbocycles. The molecule has 0 unspecified atom stereocenters. The number of hydrogen-bond donors (Lipinski definition) is 1. The van der Waals surface area contributed by atoms with Gasteiger partial charge in [-0.15, -0.1) is 0 Å². The molecule has 6 heteroatoms. The molecule has 2 amide bonds. The lowest BCUT2D eigenvalue weighted by Crippen LogP contribution is -2.34. The first kappa shape index (κ1) is 19.3. The lowest BCUT2D eigenvalue weighted by atomic mass is 9.87. The fourth-order valence-electron chi connectivity index (χ4n) is 2.19. The topological polar surface area (TPSA) is 72.5 Å². The third-order valence-corrected chi connectivity index (χ3v) is 3.66. The summed E-state index contributed by atoms with van der Waals surface area (Å²) in [6, 6.07) is 11.8. The number of halogens is 1. The van der Waals surface area contributed by atoms with Gasteiger partial charge in [0.05, 0.1) is 5.56 Å². The van der Waals surface area contributed by atoms with E-state index < -0.39 is 30.2 Å². The van der Waals surface area contributed by atoms with Gasteiger partial charge in [0.25, 0.3) is 11.8 Å². The largest absolute Gasteiger partial charge is 0.452 e. The molecule has 0 aliphatic rings. The van der Waals surface area contributed by atoms with E-state index in [-0.39, 0.29) is 11.0 Å². The first-order valence-corrected chi connectivity index (χ1v) is 8.04. The summed E-state index contributed by atoms with van der Waals surface area (Å²) in [4.78, 5) is 35.6. The van der Waals surface area contributed by atoms with Crippen LogP contribution in [0.5, 0.6) is 0 Å². The molecule has 0 aliphatic carbocycles. The van der Waals surface area contributed by atoms with Gasteiger partial charge in [0, 0.05) is 5.56 Å². The molecular weight excluding hydrogens is 337 g/mol. The lowest BCUT2D eigenvalue weighted by molar-refractivity contribution is -0.123. The minimum Gasteiger partial charge on any atom is -0.452 e. The molecule has 26 heavy (non-hydrogen) atoms. The van der Waals surface area contributed by atoms with Crippen molar-refractivity contribution in [3.8, 4) is 0 Å². The molecule has 0 heterocycles. The number of esters is 1. The highest BCUT2D eigenvalue weighted by atomic mass is 19.1. The van der Waals surface area contributed by atoms with Crippen molar-refractivity contribution in [2.45, 2.75) is 26.2 Å². The van der Waals surface area contributed by atoms with E-state index in [4.69, 9.17) is 4.74 Å². The van der Waals surface area contributed by atoms with Gasteiger partial charge in [0.2, 0.25) is 0 Å². The Morgan fingerprint density at radius 2 is 1.65 bits per heavy atom. The average Bonchev–Trinajstić information content (AvgIpc) is 2.59. The third kappa shape index (κ3) is 5.24. The molecule has 0 spiro atoms. The SMILES string of the molecule is CC(C)(C)c1ccc(C(=O)NC(=O)COC(=O)c2cccc(F)c2)cc1. The molecule has 0 bridgehead atoms. The van der Waals surface area contributed by atoms with Crippen LogP contribution in [0.2, 0.25) is 0 Å². The first-order chi connectivity index (χ1) is 12.2. The molecule has 0 aliphatic heterocycles. The second-order valence-corrected chi connectivity index (χ2v) is 6.79. The number of carbonyl (C=O) groups excluding carboxylic acids is 3. The summed E-state index contributed by atoms with van der Waals surface area (Å²) >= 11 is 0. The normalized spacial score (nSPS) is 10.9. The monoisotopic (exact) mass is 357 g/mol. The maximum absolute atomic E-state index is 13.1. The molecule has 2 rings (SSSR count). The first-order valence-electron chi connectivity index (χ1n) is 8.04. The molecule has 0 atom stereocenters. The molecule has 0 aromatic heterocycles. The average molecular weight is 357 g/mol. The van der Waals surface area contributed by atoms with Crippen LogP contribution in [0, 0.1) is 5.82 Å². The molecule has 0 fully saturated rings. The Morgan fingerprint density at radius 3 is 2.23 bits per heavy atom. The minimum absolute atomic E-state index is 0.0121. The van der Waals surface area contributed by atoms with Crippen molar-refractivity contribution in [1.29, 1.82) is 0 Å². The van der Waals surface area contributed by atoms with Crippen LogP contribution in [0.25, 0.3) is 0 Å². The van der Waals surface area contributed by atoms with E-state index in [1.165, 1.54) is 18.2 Å². The Kier molecular flexibility index (Phi) is 5.87. The number of amides is 2. The number of carbonyl (C=O) groups is 3. The number of rotatable bonds is 4. The van der Waals surface area contributed by atoms with Crippen molar-refractivity contribution >= 4 is 17.8 Å². The Labute approximate surface area is 151 Å². The van der Waals surface area contributed by atoms with E-state index in [1.54, 1.807) is 12.1 Å². The number of ether oxygens (including phenoxy) is 1. The fraction of sp³-hybridized carbons (Fsp3) is 0.250. The second kappa shape index (κ2) is 7.91. The van der Waals surface area contributed by atoms with E-state index in [9.17, 15) is 18.8 Å². The molecular formula is C20H20FNO4. The van der Waals surface area contributed by atoms with E-state index >= 15 is 0 Å². The minimum atomic E-state index is -0.846. The second-order valence-electron chi connectivity index (χ2n) is 6.79. The van der Waals surface area contributed by atoms with Gasteiger partial charge < -0.3 is 4.74 Å². The summed E-state index contributed by atoms with van der Waals surface area (Å²) in [6.07, 6.45) is 0. The molecule has 0 saturated heterocycles. The third-order valence-electron chi connectivity index (χ3n) is 3.66. The highest BCUT2D eigenvalue weighted by Gasteiger charge is 2.16. The Balaban J connectivity index is 1.89. The molecule has 136 valence electrons. The zero-order valence-electron chi connectivity index (χ0n) is 14.8. The lowest BCUT2D eigenvalue weighted by Gasteiger charge is -2.18. The Morgan fingerprint density at radius 1 is 1.00 bits per heavy atom. The predicted octanol–water partition coefficient (Wildman–Crippen LogP) is 3.24. The van der Waals surface area contributed by atoms with Crippen LogP contribution in [-0.2, 0) is 14.9 Å². The van der Waals surface area contributed by atoms with Crippen molar-refractivity contribution < 1.29 is 23.5 Å². The molecule has 1 N–H and O–H groups in total. The van der Waals surface area contributed by atoms with Gasteiger partial charge in [0.15, 0.2) is 6.61 Å². The van der Waals surface area contributed by atoms with Crippen LogP contribution >= 0.6 is 0 Å². The Hall–Kier alpha value is -3.02. The van der Waals surface area contributed by atoms with Crippen LogP contribution in [-0.4, -0.2) is 24.4 Å². The van der Waals surface area contributed by atoms with E-state index in [0.717, 1.165) is 11.6 Å². The number of nitrogens with one attached hydrogen (secondary N) is 1. The summed E-state index contributed by atoms with van der Waals surface area (Å²) in [5.74, 6) is -2.78. The van der Waals surface area contributed by atoms with Crippen molar-refractivity contribution in [3.63, 3.8) is 0 Å². The predicted molar refractivity (Wildman–Crippen MR) is 94.3 cm³/mol. The van der Waals surface area contributed by atoms with Crippen LogP contribution < -0.4 is 5.32 Å². The van der Waals surface area contributed by atoms with Crippen molar-refractivity contribution in [1.82, 2.24) is 5.32 Å². The quantitative estimate of drug-likeness (QED) is 0.853. The van der Waals surface area contributed by atoms with Crippen molar-refractivity contribution in [3.05, 3.63) is 71.0 Å². The van der Waals surface area contributed by atoms with E-state index in [0.29, 0.717) is 5.56 Å². The molecule has 5 nitrogen and oxygen atoms in total. The van der Waals surface area contributed by atoms with E-state index in [1.807, 2.05) is 12.1 Å². The highest BCUT2D eigenvalue weighted by molar-refractivity contribution is 6.05. The van der Waals surface area contributed by atoms with Gasteiger partial charge in [-0.05, 0) is 41.3 Å². The molecule has 2 aromatic rings. The van der Waals surface area contributed by atoms with Gasteiger partial charge in [-0.25, -0.2) is 9.18 Å². The van der Waals surface area contributed by atoms with Crippen LogP contribution in [0.4, 0.5) is 4.39 Å². The summed E-state index contributed by atoms with van der Waals surface area (Å²) in [7, 11) is 0. The van der Waals surface area contributed by atoms with Gasteiger partial charge in [-0.3, -0.25) is 14.9 Å². The maximum atomic E-state index is 13.1. The highest BCUT2D eigenvalue weighted by Crippen LogP contribution is 2.22. The summed E-state index contributed by atoms with van der Waals surface area (Å²) < 4.78 is 17.8. The summed E-state index contributed by atoms with van der Waals surface area (Å²) in [5.41, 5.74) is 1.32. The number of hydrogen-bond acceptors (Lipinski definition) is 4. The zero-order chi connectivity index (χ0) is 19.3. The maximum Gasteiger partial charge on any atom is 0.338 e. The molecule has 0 radical (unpaired) electrons. The van der Waals surface area contributed by atoms with Crippen LogP contribution in [0.3, 0.4) is 0 Å². The standard InChI is InChI=1S/C20H20FNO4/c1-20(2,3)15-9-7-13(8-10-15)18(24)22-17(23)12-26-19(25)14-5-4-6-16(21)11-14/h4-11H,12H2,1-3H3,(H,22,23,24). The van der Waals surface area contributed by atoms with Crippen LogP contribution in [0.15, 0.2) is 48.5 Å². The summed E-state index contributed by atoms with van der Waals surface area (Å²) in [6.45, 7) is 5.52. The smallest absolute Gasteiger partial charge is 0.338 e. The van der Waals surface area contributed by atoms with Crippen molar-refractivity contribution in [2.75, 3.05) is 6.61 Å². The van der Waals surface area contributed by atoms with Crippen LogP contribution in [0.1, 0.15) is 47.1 Å². The number of imide groups is 1. The van der Waals surface area contributed by atoms with Gasteiger partial charge >= 0.3 is 5.97 Å². The zero-order valence-corrected chi connectivity index (χ0v) is 14.8. The van der Waals surface area contributed by atoms with E-state index in [2.05, 4.69) is 26.1 Å². The Bertz CT molecular complexity index is 822. The number of benzene rings is 2. The van der Waals surface area contributed by atoms with Gasteiger partial charge in [0.1, 0.15) is 5.82 Å². The summed E-state index contributed by atoms with van der Waals surface area (Å²) in [5, 5.41) is 2.14.